The van der Waals surface area contributed by atoms with Gasteiger partial charge in [0.05, 0.1) is 30.6 Å². The number of morpholine rings is 1. The summed E-state index contributed by atoms with van der Waals surface area (Å²) < 4.78 is 5.79. The average molecular weight is 303 g/mol. The third-order valence-corrected chi connectivity index (χ3v) is 4.79. The van der Waals surface area contributed by atoms with E-state index >= 15 is 0 Å². The van der Waals surface area contributed by atoms with Crippen LogP contribution in [0.5, 0.6) is 0 Å². The summed E-state index contributed by atoms with van der Waals surface area (Å²) in [5, 5.41) is 2.99. The molecule has 1 aromatic rings. The maximum Gasteiger partial charge on any atom is 0.322 e. The maximum absolute atomic E-state index is 12.5. The summed E-state index contributed by atoms with van der Waals surface area (Å²) in [4.78, 5) is 18.8. The molecule has 2 heterocycles. The van der Waals surface area contributed by atoms with Crippen LogP contribution in [0, 0.1) is 0 Å². The Labute approximate surface area is 132 Å². The molecule has 1 saturated heterocycles. The molecule has 1 atom stereocenters. The van der Waals surface area contributed by atoms with Crippen LogP contribution < -0.4 is 5.32 Å². The van der Waals surface area contributed by atoms with Crippen LogP contribution in [-0.2, 0) is 17.6 Å². The lowest BCUT2D eigenvalue weighted by molar-refractivity contribution is -0.0860. The molecule has 0 aromatic carbocycles. The third-order valence-electron chi connectivity index (χ3n) is 4.79. The number of urea groups is 1. The summed E-state index contributed by atoms with van der Waals surface area (Å²) in [6.45, 7) is 6.02. The van der Waals surface area contributed by atoms with Crippen molar-refractivity contribution in [2.24, 2.45) is 0 Å². The third kappa shape index (κ3) is 3.24. The molecule has 2 amide bonds. The molecule has 5 nitrogen and oxygen atoms in total. The summed E-state index contributed by atoms with van der Waals surface area (Å²) in [5.74, 6) is 0. The molecule has 0 saturated carbocycles. The zero-order valence-electron chi connectivity index (χ0n) is 13.5. The van der Waals surface area contributed by atoms with E-state index in [0.29, 0.717) is 19.7 Å². The molecule has 120 valence electrons. The first-order chi connectivity index (χ1) is 10.6. The number of amides is 2. The van der Waals surface area contributed by atoms with Crippen molar-refractivity contribution in [1.82, 2.24) is 9.88 Å². The highest BCUT2D eigenvalue weighted by molar-refractivity contribution is 5.89. The minimum atomic E-state index is -0.232. The van der Waals surface area contributed by atoms with Crippen molar-refractivity contribution in [2.75, 3.05) is 25.0 Å². The van der Waals surface area contributed by atoms with Gasteiger partial charge in [0.25, 0.3) is 0 Å². The molecule has 1 aromatic heterocycles. The first-order valence-corrected chi connectivity index (χ1v) is 8.27. The normalized spacial score (nSPS) is 24.7. The smallest absolute Gasteiger partial charge is 0.322 e. The van der Waals surface area contributed by atoms with Crippen LogP contribution in [0.25, 0.3) is 0 Å². The Morgan fingerprint density at radius 2 is 2.27 bits per heavy atom. The molecule has 1 unspecified atom stereocenters. The number of ether oxygens (including phenoxy) is 1. The predicted octanol–water partition coefficient (Wildman–Crippen LogP) is 2.99. The second kappa shape index (κ2) is 6.24. The minimum Gasteiger partial charge on any atom is -0.372 e. The van der Waals surface area contributed by atoms with Crippen molar-refractivity contribution < 1.29 is 9.53 Å². The molecular formula is C17H25N3O2. The van der Waals surface area contributed by atoms with Gasteiger partial charge in [0, 0.05) is 12.2 Å². The fraction of sp³-hybridized carbons (Fsp3) is 0.647. The van der Waals surface area contributed by atoms with Gasteiger partial charge in [-0.15, -0.1) is 0 Å². The number of hydrogen-bond donors (Lipinski definition) is 1. The van der Waals surface area contributed by atoms with E-state index in [2.05, 4.69) is 30.2 Å². The number of carbonyl (C=O) groups excluding carboxylic acids is 1. The number of nitrogens with zero attached hydrogens (tertiary/aromatic N) is 2. The largest absolute Gasteiger partial charge is 0.372 e. The van der Waals surface area contributed by atoms with Gasteiger partial charge in [0.2, 0.25) is 0 Å². The average Bonchev–Trinajstić information content (AvgIpc) is 2.55. The second-order valence-electron chi connectivity index (χ2n) is 6.54. The van der Waals surface area contributed by atoms with Crippen molar-refractivity contribution >= 4 is 11.7 Å². The first-order valence-electron chi connectivity index (χ1n) is 8.27. The number of hydrogen-bond acceptors (Lipinski definition) is 3. The van der Waals surface area contributed by atoms with Crippen LogP contribution in [0.4, 0.5) is 10.5 Å². The molecule has 0 bridgehead atoms. The Hall–Kier alpha value is -1.62. The van der Waals surface area contributed by atoms with E-state index in [4.69, 9.17) is 4.74 Å². The van der Waals surface area contributed by atoms with Gasteiger partial charge in [0.15, 0.2) is 0 Å². The molecule has 1 N–H and O–H groups in total. The topological polar surface area (TPSA) is 54.5 Å². The number of anilines is 1. The fourth-order valence-corrected chi connectivity index (χ4v) is 3.18. The van der Waals surface area contributed by atoms with Crippen LogP contribution >= 0.6 is 0 Å². The van der Waals surface area contributed by atoms with Crippen LogP contribution in [0.2, 0.25) is 0 Å². The van der Waals surface area contributed by atoms with Gasteiger partial charge in [-0.2, -0.15) is 0 Å². The summed E-state index contributed by atoms with van der Waals surface area (Å²) in [5.41, 5.74) is 3.04. The summed E-state index contributed by atoms with van der Waals surface area (Å²) in [6.07, 6.45) is 7.23. The molecular weight excluding hydrogens is 278 g/mol. The van der Waals surface area contributed by atoms with Gasteiger partial charge < -0.3 is 15.0 Å². The van der Waals surface area contributed by atoms with Crippen LogP contribution in [0.1, 0.15) is 44.4 Å². The van der Waals surface area contributed by atoms with E-state index in [1.54, 1.807) is 6.20 Å². The Balaban J connectivity index is 1.66. The Bertz CT molecular complexity index is 561. The molecule has 0 radical (unpaired) electrons. The lowest BCUT2D eigenvalue weighted by Gasteiger charge is -2.39. The number of rotatable bonds is 2. The van der Waals surface area contributed by atoms with E-state index in [-0.39, 0.29) is 11.6 Å². The highest BCUT2D eigenvalue weighted by Crippen LogP contribution is 2.24. The molecule has 3 rings (SSSR count). The summed E-state index contributed by atoms with van der Waals surface area (Å²) in [7, 11) is 0. The van der Waals surface area contributed by atoms with E-state index in [1.807, 2.05) is 4.90 Å². The second-order valence-corrected chi connectivity index (χ2v) is 6.54. The van der Waals surface area contributed by atoms with Crippen molar-refractivity contribution in [3.05, 3.63) is 23.5 Å². The SMILES string of the molecule is CCC1(C)CN(C(=O)Nc2cnc3c(c2)CCCC3)CCO1. The number of aryl methyl sites for hydroxylation is 2. The van der Waals surface area contributed by atoms with Gasteiger partial charge in [-0.1, -0.05) is 6.92 Å². The minimum absolute atomic E-state index is 0.0551. The van der Waals surface area contributed by atoms with E-state index in [0.717, 1.165) is 24.9 Å². The number of aromatic nitrogens is 1. The molecule has 1 fully saturated rings. The summed E-state index contributed by atoms with van der Waals surface area (Å²) in [6, 6.07) is 2.03. The van der Waals surface area contributed by atoms with Crippen molar-refractivity contribution in [3.63, 3.8) is 0 Å². The van der Waals surface area contributed by atoms with E-state index in [1.165, 1.54) is 24.1 Å². The fourth-order valence-electron chi connectivity index (χ4n) is 3.18. The monoisotopic (exact) mass is 303 g/mol. The summed E-state index contributed by atoms with van der Waals surface area (Å²) >= 11 is 0. The molecule has 1 aliphatic carbocycles. The van der Waals surface area contributed by atoms with E-state index < -0.39 is 0 Å². The van der Waals surface area contributed by atoms with Crippen molar-refractivity contribution in [3.8, 4) is 0 Å². The van der Waals surface area contributed by atoms with Crippen molar-refractivity contribution in [1.29, 1.82) is 0 Å². The molecule has 1 aliphatic heterocycles. The first kappa shape index (κ1) is 15.3. The Morgan fingerprint density at radius 3 is 3.09 bits per heavy atom. The lowest BCUT2D eigenvalue weighted by Crippen LogP contribution is -2.53. The number of carbonyl (C=O) groups is 1. The molecule has 2 aliphatic rings. The zero-order chi connectivity index (χ0) is 15.6. The van der Waals surface area contributed by atoms with Gasteiger partial charge in [-0.3, -0.25) is 4.98 Å². The van der Waals surface area contributed by atoms with Gasteiger partial charge in [-0.05, 0) is 50.7 Å². The predicted molar refractivity (Wildman–Crippen MR) is 86.1 cm³/mol. The lowest BCUT2D eigenvalue weighted by atomic mass is 9.96. The quantitative estimate of drug-likeness (QED) is 0.914. The Morgan fingerprint density at radius 1 is 1.45 bits per heavy atom. The van der Waals surface area contributed by atoms with E-state index in [9.17, 15) is 4.79 Å². The highest BCUT2D eigenvalue weighted by Gasteiger charge is 2.32. The molecule has 5 heteroatoms. The highest BCUT2D eigenvalue weighted by atomic mass is 16.5. The molecule has 0 spiro atoms. The van der Waals surface area contributed by atoms with Gasteiger partial charge in [-0.25, -0.2) is 4.79 Å². The van der Waals surface area contributed by atoms with Crippen LogP contribution in [0.3, 0.4) is 0 Å². The van der Waals surface area contributed by atoms with Crippen LogP contribution in [0.15, 0.2) is 12.3 Å². The standard InChI is InChI=1S/C17H25N3O2/c1-3-17(2)12-20(8-9-22-17)16(21)19-14-10-13-6-4-5-7-15(13)18-11-14/h10-11H,3-9,12H2,1-2H3,(H,19,21). The number of nitrogens with one attached hydrogen (secondary N) is 1. The van der Waals surface area contributed by atoms with Crippen molar-refractivity contribution in [2.45, 2.75) is 51.6 Å². The number of pyridine rings is 1. The van der Waals surface area contributed by atoms with Crippen LogP contribution in [-0.4, -0.2) is 41.2 Å². The van der Waals surface area contributed by atoms with Gasteiger partial charge in [0.1, 0.15) is 0 Å². The molecule has 22 heavy (non-hydrogen) atoms. The maximum atomic E-state index is 12.5. The van der Waals surface area contributed by atoms with Gasteiger partial charge >= 0.3 is 6.03 Å². The number of fused-ring (bicyclic) bond motifs is 1. The zero-order valence-corrected chi connectivity index (χ0v) is 13.5. The Kier molecular flexibility index (Phi) is 4.34.